The molecule has 1 heterocycles. The molecule has 1 saturated carbocycles. The van der Waals surface area contributed by atoms with Gasteiger partial charge >= 0.3 is 24.3 Å². The predicted octanol–water partition coefficient (Wildman–Crippen LogP) is 4.80. The van der Waals surface area contributed by atoms with Gasteiger partial charge in [-0.25, -0.2) is 9.59 Å². The average Bonchev–Trinajstić information content (AvgIpc) is 3.72. The lowest BCUT2D eigenvalue weighted by atomic mass is 9.95. The number of anilines is 1. The Bertz CT molecular complexity index is 1300. The molecule has 0 saturated heterocycles. The molecule has 1 aliphatic carbocycles. The first-order valence-corrected chi connectivity index (χ1v) is 12.2. The monoisotopic (exact) mass is 587 g/mol. The van der Waals surface area contributed by atoms with E-state index in [-0.39, 0.29) is 0 Å². The van der Waals surface area contributed by atoms with E-state index >= 15 is 0 Å². The van der Waals surface area contributed by atoms with Crippen LogP contribution in [0.5, 0.6) is 0 Å². The number of para-hydroxylation sites is 1. The molecular weight excluding hydrogens is 561 g/mol. The maximum atomic E-state index is 13.7. The van der Waals surface area contributed by atoms with Gasteiger partial charge < -0.3 is 30.5 Å². The number of carboxylic acid groups (broad SMARTS) is 2. The van der Waals surface area contributed by atoms with Gasteiger partial charge in [0.2, 0.25) is 0 Å². The van der Waals surface area contributed by atoms with Crippen molar-refractivity contribution in [2.45, 2.75) is 44.0 Å². The topological polar surface area (TPSA) is 145 Å². The van der Waals surface area contributed by atoms with Crippen molar-refractivity contribution >= 4 is 29.8 Å². The van der Waals surface area contributed by atoms with Crippen molar-refractivity contribution in [2.24, 2.45) is 5.92 Å². The number of alkyl carbamates (subject to hydrolysis) is 1. The van der Waals surface area contributed by atoms with Gasteiger partial charge in [-0.1, -0.05) is 42.5 Å². The quantitative estimate of drug-likeness (QED) is 0.341. The smallest absolute Gasteiger partial charge is 0.450 e. The number of carbonyl (C=O) groups excluding carboxylic acids is 3. The van der Waals surface area contributed by atoms with Crippen LogP contribution in [-0.2, 0) is 14.3 Å². The zero-order valence-corrected chi connectivity index (χ0v) is 21.5. The Morgan fingerprint density at radius 1 is 1.00 bits per heavy atom. The molecule has 2 aromatic rings. The molecule has 1 fully saturated rings. The van der Waals surface area contributed by atoms with E-state index in [0.29, 0.717) is 23.7 Å². The van der Waals surface area contributed by atoms with Crippen LogP contribution in [0.2, 0.25) is 0 Å². The third kappa shape index (κ3) is 7.83. The van der Waals surface area contributed by atoms with Crippen molar-refractivity contribution in [2.75, 3.05) is 18.0 Å². The molecular formula is C26H26F5N3O7. The minimum absolute atomic E-state index is 0.329. The van der Waals surface area contributed by atoms with E-state index in [4.69, 9.17) is 19.7 Å². The standard InChI is InChI=1S/C25H24F5N3O4.CH2O3/c1-14(37-23(36)31-13-24(26,27)25(28,29)30)21(34)32-20-18-8-3-2-6-16(18)17-7-4-5-9-19(17)33(22(20)35)12-15-10-11-15;2-1(3)4/h2-9,14-15,20H,10-13H2,1H3,(H,31,36)(H,32,34);(H2,2,3,4)/t14-,20-;/m0./s1. The number of hydrogen-bond acceptors (Lipinski definition) is 5. The second kappa shape index (κ2) is 12.4. The van der Waals surface area contributed by atoms with Gasteiger partial charge in [-0.2, -0.15) is 22.0 Å². The minimum atomic E-state index is -5.86. The van der Waals surface area contributed by atoms with Crippen molar-refractivity contribution in [3.05, 3.63) is 54.1 Å². The van der Waals surface area contributed by atoms with Crippen LogP contribution in [0.15, 0.2) is 48.5 Å². The number of amides is 3. The molecule has 222 valence electrons. The summed E-state index contributed by atoms with van der Waals surface area (Å²) in [5.41, 5.74) is 2.72. The number of nitrogens with one attached hydrogen (secondary N) is 2. The molecule has 41 heavy (non-hydrogen) atoms. The number of halogens is 5. The Labute approximate surface area is 230 Å². The molecule has 0 radical (unpaired) electrons. The van der Waals surface area contributed by atoms with Crippen LogP contribution in [0.4, 0.5) is 37.2 Å². The summed E-state index contributed by atoms with van der Waals surface area (Å²) in [6, 6.07) is 13.2. The Kier molecular flexibility index (Phi) is 9.40. The van der Waals surface area contributed by atoms with Gasteiger partial charge in [0, 0.05) is 12.1 Å². The Morgan fingerprint density at radius 2 is 1.56 bits per heavy atom. The first-order chi connectivity index (χ1) is 19.1. The summed E-state index contributed by atoms with van der Waals surface area (Å²) in [6.07, 6.45) is -8.98. The fraction of sp³-hybridized carbons (Fsp3) is 0.385. The lowest BCUT2D eigenvalue weighted by Crippen LogP contribution is -2.49. The molecule has 0 aromatic heterocycles. The van der Waals surface area contributed by atoms with Crippen molar-refractivity contribution < 1.29 is 56.1 Å². The highest BCUT2D eigenvalue weighted by Gasteiger charge is 2.57. The molecule has 1 aliphatic heterocycles. The van der Waals surface area contributed by atoms with E-state index in [1.54, 1.807) is 23.1 Å². The molecule has 3 amide bonds. The maximum Gasteiger partial charge on any atom is 0.503 e. The summed E-state index contributed by atoms with van der Waals surface area (Å²) in [6.45, 7) is -0.481. The Balaban J connectivity index is 0.00000108. The van der Waals surface area contributed by atoms with Crippen LogP contribution in [0.1, 0.15) is 31.4 Å². The second-order valence-electron chi connectivity index (χ2n) is 9.32. The number of carbonyl (C=O) groups is 4. The van der Waals surface area contributed by atoms with E-state index in [9.17, 15) is 36.3 Å². The van der Waals surface area contributed by atoms with Gasteiger partial charge in [0.05, 0.1) is 12.2 Å². The molecule has 2 atom stereocenters. The number of nitrogens with zero attached hydrogens (tertiary/aromatic N) is 1. The maximum absolute atomic E-state index is 13.7. The molecule has 4 rings (SSSR count). The Hall–Kier alpha value is -4.43. The van der Waals surface area contributed by atoms with Gasteiger partial charge in [-0.3, -0.25) is 9.59 Å². The number of benzene rings is 2. The second-order valence-corrected chi connectivity index (χ2v) is 9.32. The van der Waals surface area contributed by atoms with Gasteiger partial charge in [-0.05, 0) is 42.9 Å². The first kappa shape index (κ1) is 31.1. The van der Waals surface area contributed by atoms with Crippen LogP contribution in [0.25, 0.3) is 11.1 Å². The van der Waals surface area contributed by atoms with Gasteiger partial charge in [0.15, 0.2) is 6.10 Å². The predicted molar refractivity (Wildman–Crippen MR) is 133 cm³/mol. The van der Waals surface area contributed by atoms with Crippen LogP contribution in [-0.4, -0.2) is 65.6 Å². The highest BCUT2D eigenvalue weighted by Crippen LogP contribution is 2.42. The fourth-order valence-corrected chi connectivity index (χ4v) is 4.02. The molecule has 0 spiro atoms. The summed E-state index contributed by atoms with van der Waals surface area (Å²) < 4.78 is 67.7. The molecule has 0 unspecified atom stereocenters. The van der Waals surface area contributed by atoms with E-state index in [1.807, 2.05) is 30.3 Å². The van der Waals surface area contributed by atoms with Crippen LogP contribution >= 0.6 is 0 Å². The summed E-state index contributed by atoms with van der Waals surface area (Å²) in [4.78, 5) is 48.6. The van der Waals surface area contributed by atoms with Gasteiger partial charge in [0.1, 0.15) is 6.04 Å². The normalized spacial score (nSPS) is 17.1. The van der Waals surface area contributed by atoms with Gasteiger partial charge in [-0.15, -0.1) is 0 Å². The van der Waals surface area contributed by atoms with Gasteiger partial charge in [0.25, 0.3) is 11.8 Å². The average molecular weight is 587 g/mol. The first-order valence-electron chi connectivity index (χ1n) is 12.2. The molecule has 10 nitrogen and oxygen atoms in total. The summed E-state index contributed by atoms with van der Waals surface area (Å²) in [5.74, 6) is -6.17. The summed E-state index contributed by atoms with van der Waals surface area (Å²) >= 11 is 0. The summed E-state index contributed by atoms with van der Waals surface area (Å²) in [5, 5.41) is 17.8. The van der Waals surface area contributed by atoms with Crippen molar-refractivity contribution in [3.8, 4) is 11.1 Å². The highest BCUT2D eigenvalue weighted by molar-refractivity contribution is 6.06. The number of rotatable bonds is 7. The van der Waals surface area contributed by atoms with Crippen molar-refractivity contribution in [1.82, 2.24) is 10.6 Å². The van der Waals surface area contributed by atoms with E-state index in [1.165, 1.54) is 5.32 Å². The van der Waals surface area contributed by atoms with Crippen LogP contribution in [0, 0.1) is 5.92 Å². The third-order valence-corrected chi connectivity index (χ3v) is 6.22. The van der Waals surface area contributed by atoms with E-state index in [2.05, 4.69) is 5.32 Å². The molecule has 2 aromatic carbocycles. The third-order valence-electron chi connectivity index (χ3n) is 6.22. The summed E-state index contributed by atoms with van der Waals surface area (Å²) in [7, 11) is 0. The lowest BCUT2D eigenvalue weighted by molar-refractivity contribution is -0.278. The number of hydrogen-bond donors (Lipinski definition) is 4. The van der Waals surface area contributed by atoms with E-state index < -0.39 is 54.9 Å². The zero-order chi connectivity index (χ0) is 30.5. The molecule has 0 bridgehead atoms. The van der Waals surface area contributed by atoms with Crippen molar-refractivity contribution in [3.63, 3.8) is 0 Å². The number of alkyl halides is 5. The lowest BCUT2D eigenvalue weighted by Gasteiger charge is -2.27. The van der Waals surface area contributed by atoms with Crippen LogP contribution < -0.4 is 15.5 Å². The molecule has 2 aliphatic rings. The molecule has 15 heteroatoms. The fourth-order valence-electron chi connectivity index (χ4n) is 4.02. The van der Waals surface area contributed by atoms with Crippen molar-refractivity contribution in [1.29, 1.82) is 0 Å². The minimum Gasteiger partial charge on any atom is -0.450 e. The number of fused-ring (bicyclic) bond motifs is 3. The highest BCUT2D eigenvalue weighted by atomic mass is 19.4. The molecule has 4 N–H and O–H groups in total. The largest absolute Gasteiger partial charge is 0.503 e. The Morgan fingerprint density at radius 3 is 2.15 bits per heavy atom. The number of ether oxygens (including phenoxy) is 1. The van der Waals surface area contributed by atoms with Crippen LogP contribution in [0.3, 0.4) is 0 Å². The van der Waals surface area contributed by atoms with E-state index in [0.717, 1.165) is 30.9 Å². The zero-order valence-electron chi connectivity index (χ0n) is 21.5. The SMILES string of the molecule is C[C@H](OC(=O)NCC(F)(F)C(F)(F)F)C(=O)N[C@@H]1C(=O)N(CC2CC2)c2ccccc2-c2ccccc21.O=C(O)O.